The van der Waals surface area contributed by atoms with Crippen molar-refractivity contribution in [3.63, 3.8) is 0 Å². The molecule has 1 aliphatic carbocycles. The molecule has 0 bridgehead atoms. The van der Waals surface area contributed by atoms with E-state index >= 15 is 0 Å². The minimum absolute atomic E-state index is 0.0426. The van der Waals surface area contributed by atoms with Crippen molar-refractivity contribution in [2.75, 3.05) is 6.61 Å². The number of ether oxygens (including phenoxy) is 1. The van der Waals surface area contributed by atoms with Crippen LogP contribution in [0.25, 0.3) is 0 Å². The van der Waals surface area contributed by atoms with Crippen LogP contribution in [0, 0.1) is 11.8 Å². The Morgan fingerprint density at radius 2 is 2.05 bits per heavy atom. The van der Waals surface area contributed by atoms with E-state index in [-0.39, 0.29) is 11.8 Å². The fourth-order valence-corrected chi connectivity index (χ4v) is 3.33. The molecule has 1 aromatic carbocycles. The van der Waals surface area contributed by atoms with Gasteiger partial charge in [-0.2, -0.15) is 0 Å². The molecule has 0 spiro atoms. The molecule has 0 aromatic heterocycles. The first-order chi connectivity index (χ1) is 9.74. The lowest BCUT2D eigenvalue weighted by Gasteiger charge is -2.32. The van der Waals surface area contributed by atoms with Crippen molar-refractivity contribution in [2.45, 2.75) is 45.1 Å². The predicted molar refractivity (Wildman–Crippen MR) is 78.7 cm³/mol. The minimum Gasteiger partial charge on any atom is -0.492 e. The Bertz CT molecular complexity index is 486. The number of hydrogen-bond acceptors (Lipinski definition) is 2. The SMILES string of the molecule is C[C@@H]1CCCC[C@@H]1NC(=O)[C@@H]1COc2ccccc2C1. The van der Waals surface area contributed by atoms with Gasteiger partial charge in [-0.05, 0) is 36.8 Å². The van der Waals surface area contributed by atoms with Gasteiger partial charge in [-0.15, -0.1) is 0 Å². The van der Waals surface area contributed by atoms with Crippen molar-refractivity contribution in [3.05, 3.63) is 29.8 Å². The van der Waals surface area contributed by atoms with E-state index in [1.807, 2.05) is 18.2 Å². The third-order valence-electron chi connectivity index (χ3n) is 4.69. The number of amides is 1. The van der Waals surface area contributed by atoms with Gasteiger partial charge in [0.15, 0.2) is 0 Å². The number of benzene rings is 1. The molecule has 108 valence electrons. The molecule has 3 atom stereocenters. The molecular weight excluding hydrogens is 250 g/mol. The second kappa shape index (κ2) is 5.86. The highest BCUT2D eigenvalue weighted by Crippen LogP contribution is 2.28. The summed E-state index contributed by atoms with van der Waals surface area (Å²) in [5, 5.41) is 3.25. The predicted octanol–water partition coefficient (Wildman–Crippen LogP) is 2.93. The topological polar surface area (TPSA) is 38.3 Å². The van der Waals surface area contributed by atoms with Gasteiger partial charge in [-0.1, -0.05) is 38.0 Å². The van der Waals surface area contributed by atoms with E-state index < -0.39 is 0 Å². The Labute approximate surface area is 120 Å². The van der Waals surface area contributed by atoms with Crippen LogP contribution in [0.3, 0.4) is 0 Å². The number of nitrogens with one attached hydrogen (secondary N) is 1. The second-order valence-corrected chi connectivity index (χ2v) is 6.20. The molecule has 3 rings (SSSR count). The molecule has 20 heavy (non-hydrogen) atoms. The van der Waals surface area contributed by atoms with E-state index in [9.17, 15) is 4.79 Å². The zero-order valence-corrected chi connectivity index (χ0v) is 12.1. The lowest BCUT2D eigenvalue weighted by Crippen LogP contribution is -2.46. The molecule has 0 unspecified atom stereocenters. The average molecular weight is 273 g/mol. The number of rotatable bonds is 2. The lowest BCUT2D eigenvalue weighted by atomic mass is 9.85. The van der Waals surface area contributed by atoms with Crippen molar-refractivity contribution < 1.29 is 9.53 Å². The van der Waals surface area contributed by atoms with Crippen LogP contribution in [-0.4, -0.2) is 18.6 Å². The lowest BCUT2D eigenvalue weighted by molar-refractivity contribution is -0.127. The van der Waals surface area contributed by atoms with Gasteiger partial charge in [-0.25, -0.2) is 0 Å². The Balaban J connectivity index is 1.61. The van der Waals surface area contributed by atoms with Gasteiger partial charge in [0.25, 0.3) is 0 Å². The third-order valence-corrected chi connectivity index (χ3v) is 4.69. The molecule has 1 aliphatic heterocycles. The summed E-state index contributed by atoms with van der Waals surface area (Å²) >= 11 is 0. The molecule has 1 heterocycles. The maximum atomic E-state index is 12.4. The molecule has 1 fully saturated rings. The van der Waals surface area contributed by atoms with E-state index in [0.29, 0.717) is 18.6 Å². The van der Waals surface area contributed by atoms with Crippen molar-refractivity contribution in [2.24, 2.45) is 11.8 Å². The van der Waals surface area contributed by atoms with E-state index in [1.165, 1.54) is 19.3 Å². The summed E-state index contributed by atoms with van der Waals surface area (Å²) < 4.78 is 5.71. The molecule has 1 aromatic rings. The number of fused-ring (bicyclic) bond motifs is 1. The number of carbonyl (C=O) groups is 1. The first kappa shape index (κ1) is 13.5. The first-order valence-corrected chi connectivity index (χ1v) is 7.75. The summed E-state index contributed by atoms with van der Waals surface area (Å²) in [6, 6.07) is 8.37. The number of carbonyl (C=O) groups excluding carboxylic acids is 1. The van der Waals surface area contributed by atoms with Crippen LogP contribution in [0.15, 0.2) is 24.3 Å². The smallest absolute Gasteiger partial charge is 0.227 e. The highest BCUT2D eigenvalue weighted by molar-refractivity contribution is 5.80. The maximum Gasteiger partial charge on any atom is 0.227 e. The monoisotopic (exact) mass is 273 g/mol. The van der Waals surface area contributed by atoms with E-state index in [2.05, 4.69) is 18.3 Å². The summed E-state index contributed by atoms with van der Waals surface area (Å²) in [5.41, 5.74) is 1.15. The highest BCUT2D eigenvalue weighted by atomic mass is 16.5. The summed E-state index contributed by atoms with van der Waals surface area (Å²) in [5.74, 6) is 1.66. The van der Waals surface area contributed by atoms with Gasteiger partial charge in [0.05, 0.1) is 5.92 Å². The van der Waals surface area contributed by atoms with Gasteiger partial charge < -0.3 is 10.1 Å². The van der Waals surface area contributed by atoms with Crippen LogP contribution in [-0.2, 0) is 11.2 Å². The van der Waals surface area contributed by atoms with Crippen LogP contribution in [0.2, 0.25) is 0 Å². The highest BCUT2D eigenvalue weighted by Gasteiger charge is 2.29. The maximum absolute atomic E-state index is 12.4. The first-order valence-electron chi connectivity index (χ1n) is 7.75. The summed E-state index contributed by atoms with van der Waals surface area (Å²) in [4.78, 5) is 12.4. The molecule has 2 aliphatic rings. The van der Waals surface area contributed by atoms with Crippen LogP contribution in [0.1, 0.15) is 38.2 Å². The molecule has 1 saturated carbocycles. The fraction of sp³-hybridized carbons (Fsp3) is 0.588. The van der Waals surface area contributed by atoms with E-state index in [1.54, 1.807) is 0 Å². The van der Waals surface area contributed by atoms with Gasteiger partial charge >= 0.3 is 0 Å². The fourth-order valence-electron chi connectivity index (χ4n) is 3.33. The molecule has 1 N–H and O–H groups in total. The Morgan fingerprint density at radius 3 is 2.90 bits per heavy atom. The number of para-hydroxylation sites is 1. The van der Waals surface area contributed by atoms with Crippen molar-refractivity contribution >= 4 is 5.91 Å². The molecule has 3 nitrogen and oxygen atoms in total. The summed E-state index contributed by atoms with van der Waals surface area (Å²) in [6.45, 7) is 2.75. The molecular formula is C17H23NO2. The molecule has 3 heteroatoms. The van der Waals surface area contributed by atoms with Crippen LogP contribution >= 0.6 is 0 Å². The summed E-state index contributed by atoms with van der Waals surface area (Å²) in [7, 11) is 0. The second-order valence-electron chi connectivity index (χ2n) is 6.20. The van der Waals surface area contributed by atoms with Gasteiger partial charge in [-0.3, -0.25) is 4.79 Å². The van der Waals surface area contributed by atoms with Crippen molar-refractivity contribution in [3.8, 4) is 5.75 Å². The van der Waals surface area contributed by atoms with Gasteiger partial charge in [0, 0.05) is 6.04 Å². The quantitative estimate of drug-likeness (QED) is 0.899. The third kappa shape index (κ3) is 2.82. The Kier molecular flexibility index (Phi) is 3.95. The average Bonchev–Trinajstić information content (AvgIpc) is 2.49. The Hall–Kier alpha value is -1.51. The van der Waals surface area contributed by atoms with Crippen LogP contribution < -0.4 is 10.1 Å². The van der Waals surface area contributed by atoms with Gasteiger partial charge in [0.1, 0.15) is 12.4 Å². The minimum atomic E-state index is -0.0426. The van der Waals surface area contributed by atoms with Crippen LogP contribution in [0.4, 0.5) is 0 Å². The van der Waals surface area contributed by atoms with E-state index in [0.717, 1.165) is 24.2 Å². The van der Waals surface area contributed by atoms with Crippen molar-refractivity contribution in [1.82, 2.24) is 5.32 Å². The zero-order chi connectivity index (χ0) is 13.9. The molecule has 0 saturated heterocycles. The molecule has 1 amide bonds. The standard InChI is InChI=1S/C17H23NO2/c1-12-6-2-4-8-15(12)18-17(19)14-10-13-7-3-5-9-16(13)20-11-14/h3,5,7,9,12,14-15H,2,4,6,8,10-11H2,1H3,(H,18,19)/t12-,14+,15+/m1/s1. The van der Waals surface area contributed by atoms with Crippen molar-refractivity contribution in [1.29, 1.82) is 0 Å². The Morgan fingerprint density at radius 1 is 1.25 bits per heavy atom. The van der Waals surface area contributed by atoms with Crippen LogP contribution in [0.5, 0.6) is 5.75 Å². The largest absolute Gasteiger partial charge is 0.492 e. The molecule has 0 radical (unpaired) electrons. The normalized spacial score (nSPS) is 29.1. The number of hydrogen-bond donors (Lipinski definition) is 1. The summed E-state index contributed by atoms with van der Waals surface area (Å²) in [6.07, 6.45) is 5.68. The van der Waals surface area contributed by atoms with Gasteiger partial charge in [0.2, 0.25) is 5.91 Å². The zero-order valence-electron chi connectivity index (χ0n) is 12.1. The van der Waals surface area contributed by atoms with E-state index in [4.69, 9.17) is 4.74 Å².